The number of rotatable bonds is 2. The lowest BCUT2D eigenvalue weighted by atomic mass is 10.3. The summed E-state index contributed by atoms with van der Waals surface area (Å²) in [6, 6.07) is 0.247. The van der Waals surface area contributed by atoms with Gasteiger partial charge in [0.2, 0.25) is 0 Å². The van der Waals surface area contributed by atoms with Crippen molar-refractivity contribution in [1.82, 2.24) is 10.6 Å². The van der Waals surface area contributed by atoms with E-state index < -0.39 is 0 Å². The largest absolute Gasteiger partial charge is 0.447 e. The van der Waals surface area contributed by atoms with Crippen LogP contribution in [0.4, 0.5) is 4.79 Å². The molecular weight excluding hydrogens is 192 g/mol. The molecule has 1 unspecified atom stereocenters. The maximum absolute atomic E-state index is 11.0. The van der Waals surface area contributed by atoms with E-state index in [1.54, 1.807) is 0 Å². The monoisotopic (exact) mass is 208 g/mol. The predicted molar refractivity (Wildman–Crippen MR) is 53.3 cm³/mol. The smallest absolute Gasteiger partial charge is 0.407 e. The van der Waals surface area contributed by atoms with Gasteiger partial charge in [-0.1, -0.05) is 0 Å². The number of halogens is 1. The molecule has 1 aliphatic rings. The third kappa shape index (κ3) is 4.95. The van der Waals surface area contributed by atoms with E-state index in [4.69, 9.17) is 4.74 Å². The molecule has 0 saturated carbocycles. The third-order valence-corrected chi connectivity index (χ3v) is 1.73. The number of alkyl carbamates (subject to hydrolysis) is 1. The topological polar surface area (TPSA) is 50.4 Å². The summed E-state index contributed by atoms with van der Waals surface area (Å²) in [5.74, 6) is 0. The minimum absolute atomic E-state index is 0. The van der Waals surface area contributed by atoms with E-state index in [0.717, 1.165) is 19.5 Å². The molecule has 1 heterocycles. The second-order valence-corrected chi connectivity index (χ2v) is 3.29. The van der Waals surface area contributed by atoms with Gasteiger partial charge in [-0.2, -0.15) is 0 Å². The molecule has 78 valence electrons. The Kier molecular flexibility index (Phi) is 5.82. The van der Waals surface area contributed by atoms with Crippen LogP contribution in [0.2, 0.25) is 0 Å². The highest BCUT2D eigenvalue weighted by Crippen LogP contribution is 1.98. The average molecular weight is 209 g/mol. The number of amides is 1. The van der Waals surface area contributed by atoms with E-state index in [2.05, 4.69) is 10.6 Å². The molecule has 0 bridgehead atoms. The van der Waals surface area contributed by atoms with Gasteiger partial charge in [0.1, 0.15) is 0 Å². The summed E-state index contributed by atoms with van der Waals surface area (Å²) >= 11 is 0. The number of nitrogens with one attached hydrogen (secondary N) is 2. The molecular formula is C8H17ClN2O2. The van der Waals surface area contributed by atoms with Crippen molar-refractivity contribution >= 4 is 18.5 Å². The molecule has 0 radical (unpaired) electrons. The molecule has 0 spiro atoms. The fourth-order valence-corrected chi connectivity index (χ4v) is 1.19. The molecule has 4 nitrogen and oxygen atoms in total. The van der Waals surface area contributed by atoms with E-state index >= 15 is 0 Å². The fraction of sp³-hybridized carbons (Fsp3) is 0.875. The number of ether oxygens (including phenoxy) is 1. The molecule has 1 saturated heterocycles. The zero-order valence-electron chi connectivity index (χ0n) is 8.00. The van der Waals surface area contributed by atoms with Crippen molar-refractivity contribution in [2.45, 2.75) is 32.4 Å². The van der Waals surface area contributed by atoms with Crippen LogP contribution in [0.3, 0.4) is 0 Å². The Bertz CT molecular complexity index is 158. The van der Waals surface area contributed by atoms with Gasteiger partial charge in [-0.25, -0.2) is 4.79 Å². The van der Waals surface area contributed by atoms with Gasteiger partial charge in [-0.3, -0.25) is 0 Å². The standard InChI is InChI=1S/C8H16N2O2.ClH/c1-6(2)12-8(11)10-7-3-4-9-5-7;/h6-7,9H,3-5H2,1-2H3,(H,10,11);1H. The molecule has 0 aromatic rings. The van der Waals surface area contributed by atoms with Crippen LogP contribution < -0.4 is 10.6 Å². The van der Waals surface area contributed by atoms with Crippen LogP contribution in [0.5, 0.6) is 0 Å². The van der Waals surface area contributed by atoms with E-state index in [0.29, 0.717) is 0 Å². The summed E-state index contributed by atoms with van der Waals surface area (Å²) in [4.78, 5) is 11.0. The highest BCUT2D eigenvalue weighted by atomic mass is 35.5. The Hall–Kier alpha value is -0.480. The maximum Gasteiger partial charge on any atom is 0.407 e. The van der Waals surface area contributed by atoms with Gasteiger partial charge in [0.25, 0.3) is 0 Å². The molecule has 13 heavy (non-hydrogen) atoms. The minimum atomic E-state index is -0.307. The molecule has 0 aromatic carbocycles. The first kappa shape index (κ1) is 12.5. The Balaban J connectivity index is 0.00000144. The molecule has 1 atom stereocenters. The summed E-state index contributed by atoms with van der Waals surface area (Å²) in [5.41, 5.74) is 0. The van der Waals surface area contributed by atoms with Gasteiger partial charge in [-0.05, 0) is 26.8 Å². The summed E-state index contributed by atoms with van der Waals surface area (Å²) in [6.45, 7) is 5.51. The minimum Gasteiger partial charge on any atom is -0.447 e. The number of carbonyl (C=O) groups excluding carboxylic acids is 1. The molecule has 1 fully saturated rings. The number of hydrogen-bond donors (Lipinski definition) is 2. The van der Waals surface area contributed by atoms with Crippen LogP contribution in [0, 0.1) is 0 Å². The van der Waals surface area contributed by atoms with Crippen LogP contribution in [0.1, 0.15) is 20.3 Å². The highest BCUT2D eigenvalue weighted by molar-refractivity contribution is 5.85. The van der Waals surface area contributed by atoms with Gasteiger partial charge in [-0.15, -0.1) is 12.4 Å². The van der Waals surface area contributed by atoms with Gasteiger partial charge in [0.05, 0.1) is 6.10 Å². The van der Waals surface area contributed by atoms with Crippen molar-refractivity contribution in [3.05, 3.63) is 0 Å². The highest BCUT2D eigenvalue weighted by Gasteiger charge is 2.17. The van der Waals surface area contributed by atoms with Gasteiger partial charge in [0.15, 0.2) is 0 Å². The van der Waals surface area contributed by atoms with Crippen LogP contribution in [0.15, 0.2) is 0 Å². The van der Waals surface area contributed by atoms with Crippen molar-refractivity contribution in [3.63, 3.8) is 0 Å². The Morgan fingerprint density at radius 2 is 2.31 bits per heavy atom. The van der Waals surface area contributed by atoms with Crippen molar-refractivity contribution in [3.8, 4) is 0 Å². The summed E-state index contributed by atoms with van der Waals surface area (Å²) in [5, 5.41) is 5.95. The summed E-state index contributed by atoms with van der Waals surface area (Å²) < 4.78 is 4.93. The van der Waals surface area contributed by atoms with Crippen LogP contribution in [0.25, 0.3) is 0 Å². The first-order valence-corrected chi connectivity index (χ1v) is 4.36. The van der Waals surface area contributed by atoms with Crippen LogP contribution in [-0.2, 0) is 4.74 Å². The van der Waals surface area contributed by atoms with Crippen molar-refractivity contribution in [1.29, 1.82) is 0 Å². The Labute approximate surface area is 84.8 Å². The predicted octanol–water partition coefficient (Wildman–Crippen LogP) is 0.905. The second kappa shape index (κ2) is 6.05. The van der Waals surface area contributed by atoms with Crippen LogP contribution >= 0.6 is 12.4 Å². The van der Waals surface area contributed by atoms with Crippen LogP contribution in [-0.4, -0.2) is 31.3 Å². The number of carbonyl (C=O) groups is 1. The molecule has 1 aliphatic heterocycles. The Morgan fingerprint density at radius 1 is 1.62 bits per heavy atom. The first-order chi connectivity index (χ1) is 5.68. The fourth-order valence-electron chi connectivity index (χ4n) is 1.19. The second-order valence-electron chi connectivity index (χ2n) is 3.29. The van der Waals surface area contributed by atoms with Gasteiger partial charge >= 0.3 is 6.09 Å². The normalized spacial score (nSPS) is 21.0. The molecule has 1 rings (SSSR count). The van der Waals surface area contributed by atoms with Gasteiger partial charge in [0, 0.05) is 12.6 Å². The molecule has 0 aromatic heterocycles. The summed E-state index contributed by atoms with van der Waals surface area (Å²) in [6.07, 6.45) is 0.644. The van der Waals surface area contributed by atoms with Crippen molar-refractivity contribution in [2.24, 2.45) is 0 Å². The van der Waals surface area contributed by atoms with E-state index in [1.165, 1.54) is 0 Å². The van der Waals surface area contributed by atoms with E-state index in [1.807, 2.05) is 13.8 Å². The quantitative estimate of drug-likeness (QED) is 0.709. The SMILES string of the molecule is CC(C)OC(=O)NC1CCNC1.Cl. The molecule has 1 amide bonds. The lowest BCUT2D eigenvalue weighted by molar-refractivity contribution is 0.113. The maximum atomic E-state index is 11.0. The molecule has 0 aliphatic carbocycles. The van der Waals surface area contributed by atoms with Crippen molar-refractivity contribution in [2.75, 3.05) is 13.1 Å². The van der Waals surface area contributed by atoms with Gasteiger partial charge < -0.3 is 15.4 Å². The number of hydrogen-bond acceptors (Lipinski definition) is 3. The lowest BCUT2D eigenvalue weighted by Crippen LogP contribution is -2.37. The first-order valence-electron chi connectivity index (χ1n) is 4.36. The van der Waals surface area contributed by atoms with E-state index in [-0.39, 0.29) is 30.6 Å². The summed E-state index contributed by atoms with van der Waals surface area (Å²) in [7, 11) is 0. The average Bonchev–Trinajstić information content (AvgIpc) is 2.37. The Morgan fingerprint density at radius 3 is 2.77 bits per heavy atom. The zero-order chi connectivity index (χ0) is 8.97. The van der Waals surface area contributed by atoms with Crippen molar-refractivity contribution < 1.29 is 9.53 Å². The third-order valence-electron chi connectivity index (χ3n) is 1.73. The molecule has 2 N–H and O–H groups in total. The van der Waals surface area contributed by atoms with E-state index in [9.17, 15) is 4.79 Å². The molecule has 5 heteroatoms. The lowest BCUT2D eigenvalue weighted by Gasteiger charge is -2.13. The zero-order valence-corrected chi connectivity index (χ0v) is 8.82.